The van der Waals surface area contributed by atoms with E-state index in [1.165, 1.54) is 0 Å². The molecule has 170 valence electrons. The molecule has 0 radical (unpaired) electrons. The Morgan fingerprint density at radius 3 is 2.75 bits per heavy atom. The van der Waals surface area contributed by atoms with Crippen molar-refractivity contribution in [2.45, 2.75) is 51.8 Å². The van der Waals surface area contributed by atoms with Crippen LogP contribution < -0.4 is 4.90 Å². The minimum atomic E-state index is -0.499. The fourth-order valence-corrected chi connectivity index (χ4v) is 4.45. The van der Waals surface area contributed by atoms with Crippen LogP contribution in [0.1, 0.15) is 39.2 Å². The zero-order valence-electron chi connectivity index (χ0n) is 19.2. The van der Waals surface area contributed by atoms with Crippen LogP contribution in [0, 0.1) is 0 Å². The molecule has 0 unspecified atom stereocenters. The van der Waals surface area contributed by atoms with Crippen LogP contribution in [0.4, 0.5) is 10.7 Å². The van der Waals surface area contributed by atoms with E-state index in [0.717, 1.165) is 47.0 Å². The molecule has 2 aromatic carbocycles. The zero-order chi connectivity index (χ0) is 22.9. The number of likely N-dealkylation sites (tertiary alicyclic amines) is 1. The Hall–Kier alpha value is -2.73. The number of imidazole rings is 1. The number of ether oxygens (including phenoxy) is 1. The second-order valence-electron chi connectivity index (χ2n) is 9.45. The first kappa shape index (κ1) is 22.5. The maximum atomic E-state index is 12.7. The van der Waals surface area contributed by atoms with E-state index in [1.54, 1.807) is 0 Å². The molecule has 0 N–H and O–H groups in total. The van der Waals surface area contributed by atoms with Crippen molar-refractivity contribution in [1.82, 2.24) is 14.5 Å². The fourth-order valence-electron chi connectivity index (χ4n) is 4.23. The average Bonchev–Trinajstić information content (AvgIpc) is 3.10. The third kappa shape index (κ3) is 5.01. The van der Waals surface area contributed by atoms with E-state index in [0.29, 0.717) is 13.1 Å². The number of nitrogens with zero attached hydrogens (tertiary/aromatic N) is 4. The normalized spacial score (nSPS) is 16.9. The summed E-state index contributed by atoms with van der Waals surface area (Å²) in [5.41, 5.74) is 2.65. The smallest absolute Gasteiger partial charge is 0.410 e. The molecule has 1 aliphatic heterocycles. The molecule has 6 nitrogen and oxygen atoms in total. The minimum absolute atomic E-state index is 0.159. The Morgan fingerprint density at radius 2 is 2.00 bits per heavy atom. The molecule has 3 aromatic rings. The number of aromatic nitrogens is 2. The number of carbonyl (C=O) groups excluding carboxylic acids is 1. The number of hydrogen-bond acceptors (Lipinski definition) is 4. The van der Waals surface area contributed by atoms with Gasteiger partial charge in [0, 0.05) is 31.2 Å². The zero-order valence-corrected chi connectivity index (χ0v) is 20.0. The van der Waals surface area contributed by atoms with Gasteiger partial charge in [-0.15, -0.1) is 0 Å². The summed E-state index contributed by atoms with van der Waals surface area (Å²) in [5.74, 6) is 0.891. The summed E-state index contributed by atoms with van der Waals surface area (Å²) in [7, 11) is 2.07. The topological polar surface area (TPSA) is 50.6 Å². The number of piperidine rings is 1. The molecule has 1 atom stereocenters. The number of likely N-dealkylation sites (N-methyl/N-ethyl adjacent to an activating group) is 1. The first-order chi connectivity index (χ1) is 15.2. The molecule has 1 fully saturated rings. The number of halogens is 1. The molecule has 0 bridgehead atoms. The Bertz CT molecular complexity index is 1100. The second kappa shape index (κ2) is 9.02. The SMILES string of the molecule is CN(c1nc2ccccc2n1Cc1cccc(Cl)c1)[C@H]1CCCN(C(=O)OC(C)(C)C)C1. The lowest BCUT2D eigenvalue weighted by atomic mass is 10.1. The molecule has 1 aromatic heterocycles. The predicted molar refractivity (Wildman–Crippen MR) is 130 cm³/mol. The summed E-state index contributed by atoms with van der Waals surface area (Å²) >= 11 is 6.23. The lowest BCUT2D eigenvalue weighted by molar-refractivity contribution is 0.0199. The number of benzene rings is 2. The van der Waals surface area contributed by atoms with Gasteiger partial charge in [0.05, 0.1) is 17.6 Å². The second-order valence-corrected chi connectivity index (χ2v) is 9.89. The van der Waals surface area contributed by atoms with Crippen LogP contribution in [0.2, 0.25) is 5.02 Å². The molecule has 0 aliphatic carbocycles. The van der Waals surface area contributed by atoms with Gasteiger partial charge in [0.2, 0.25) is 5.95 Å². The number of para-hydroxylation sites is 2. The van der Waals surface area contributed by atoms with Gasteiger partial charge < -0.3 is 19.1 Å². The molecule has 1 aliphatic rings. The molecule has 1 saturated heterocycles. The summed E-state index contributed by atoms with van der Waals surface area (Å²) < 4.78 is 7.84. The summed E-state index contributed by atoms with van der Waals surface area (Å²) in [5, 5.41) is 0.724. The Morgan fingerprint density at radius 1 is 1.22 bits per heavy atom. The Labute approximate surface area is 194 Å². The molecule has 7 heteroatoms. The lowest BCUT2D eigenvalue weighted by Crippen LogP contribution is -2.50. The van der Waals surface area contributed by atoms with Crippen LogP contribution in [0.5, 0.6) is 0 Å². The number of carbonyl (C=O) groups is 1. The maximum Gasteiger partial charge on any atom is 0.410 e. The van der Waals surface area contributed by atoms with Gasteiger partial charge in [-0.3, -0.25) is 0 Å². The highest BCUT2D eigenvalue weighted by atomic mass is 35.5. The van der Waals surface area contributed by atoms with Crippen LogP contribution in [0.3, 0.4) is 0 Å². The summed E-state index contributed by atoms with van der Waals surface area (Å²) in [6.45, 7) is 7.71. The first-order valence-corrected chi connectivity index (χ1v) is 11.5. The van der Waals surface area contributed by atoms with Crippen molar-refractivity contribution in [2.24, 2.45) is 0 Å². The van der Waals surface area contributed by atoms with E-state index in [2.05, 4.69) is 28.6 Å². The third-order valence-electron chi connectivity index (χ3n) is 5.78. The van der Waals surface area contributed by atoms with Crippen molar-refractivity contribution < 1.29 is 9.53 Å². The highest BCUT2D eigenvalue weighted by molar-refractivity contribution is 6.30. The number of anilines is 1. The number of hydrogen-bond donors (Lipinski definition) is 0. The van der Waals surface area contributed by atoms with E-state index in [4.69, 9.17) is 21.3 Å². The van der Waals surface area contributed by atoms with Gasteiger partial charge in [0.15, 0.2) is 0 Å². The summed E-state index contributed by atoms with van der Waals surface area (Å²) in [6, 6.07) is 16.3. The summed E-state index contributed by atoms with van der Waals surface area (Å²) in [4.78, 5) is 21.6. The van der Waals surface area contributed by atoms with E-state index >= 15 is 0 Å². The fraction of sp³-hybridized carbons (Fsp3) is 0.440. The molecular weight excluding hydrogens is 424 g/mol. The number of rotatable bonds is 4. The minimum Gasteiger partial charge on any atom is -0.444 e. The van der Waals surface area contributed by atoms with Crippen LogP contribution >= 0.6 is 11.6 Å². The summed E-state index contributed by atoms with van der Waals surface area (Å²) in [6.07, 6.45) is 1.68. The number of amides is 1. The van der Waals surface area contributed by atoms with Crippen molar-refractivity contribution in [2.75, 3.05) is 25.0 Å². The largest absolute Gasteiger partial charge is 0.444 e. The van der Waals surface area contributed by atoms with Gasteiger partial charge in [-0.05, 0) is 63.4 Å². The standard InChI is InChI=1S/C25H31ClN4O2/c1-25(2,3)32-24(31)29-14-8-11-20(17-29)28(4)23-27-21-12-5-6-13-22(21)30(23)16-18-9-7-10-19(26)15-18/h5-7,9-10,12-13,15,20H,8,11,14,16-17H2,1-4H3/t20-/m0/s1. The Balaban J connectivity index is 1.61. The average molecular weight is 455 g/mol. The lowest BCUT2D eigenvalue weighted by Gasteiger charge is -2.38. The molecule has 2 heterocycles. The highest BCUT2D eigenvalue weighted by Crippen LogP contribution is 2.28. The van der Waals surface area contributed by atoms with Gasteiger partial charge in [-0.2, -0.15) is 0 Å². The van der Waals surface area contributed by atoms with E-state index in [9.17, 15) is 4.79 Å². The van der Waals surface area contributed by atoms with Crippen molar-refractivity contribution in [3.8, 4) is 0 Å². The Kier molecular flexibility index (Phi) is 6.33. The third-order valence-corrected chi connectivity index (χ3v) is 6.01. The first-order valence-electron chi connectivity index (χ1n) is 11.1. The van der Waals surface area contributed by atoms with Crippen molar-refractivity contribution >= 4 is 34.7 Å². The van der Waals surface area contributed by atoms with E-state index < -0.39 is 5.60 Å². The van der Waals surface area contributed by atoms with Crippen LogP contribution in [0.25, 0.3) is 11.0 Å². The van der Waals surface area contributed by atoms with E-state index in [1.807, 2.05) is 62.1 Å². The van der Waals surface area contributed by atoms with E-state index in [-0.39, 0.29) is 12.1 Å². The van der Waals surface area contributed by atoms with Crippen LogP contribution in [-0.4, -0.2) is 52.3 Å². The van der Waals surface area contributed by atoms with Gasteiger partial charge in [-0.1, -0.05) is 35.9 Å². The molecule has 32 heavy (non-hydrogen) atoms. The van der Waals surface area contributed by atoms with Gasteiger partial charge in [0.25, 0.3) is 0 Å². The van der Waals surface area contributed by atoms with Crippen molar-refractivity contribution in [1.29, 1.82) is 0 Å². The molecule has 0 saturated carbocycles. The van der Waals surface area contributed by atoms with Gasteiger partial charge in [0.1, 0.15) is 5.60 Å². The predicted octanol–water partition coefficient (Wildman–Crippen LogP) is 5.57. The number of fused-ring (bicyclic) bond motifs is 1. The molecule has 1 amide bonds. The monoisotopic (exact) mass is 454 g/mol. The van der Waals surface area contributed by atoms with Crippen molar-refractivity contribution in [3.63, 3.8) is 0 Å². The maximum absolute atomic E-state index is 12.7. The molecule has 4 rings (SSSR count). The van der Waals surface area contributed by atoms with Crippen LogP contribution in [-0.2, 0) is 11.3 Å². The van der Waals surface area contributed by atoms with Gasteiger partial charge >= 0.3 is 6.09 Å². The molecular formula is C25H31ClN4O2. The highest BCUT2D eigenvalue weighted by Gasteiger charge is 2.31. The quantitative estimate of drug-likeness (QED) is 0.516. The van der Waals surface area contributed by atoms with Gasteiger partial charge in [-0.25, -0.2) is 9.78 Å². The van der Waals surface area contributed by atoms with Crippen molar-refractivity contribution in [3.05, 3.63) is 59.1 Å². The molecule has 0 spiro atoms. The van der Waals surface area contributed by atoms with Crippen LogP contribution in [0.15, 0.2) is 48.5 Å².